The number of amides is 1. The molecule has 0 unspecified atom stereocenters. The van der Waals surface area contributed by atoms with Gasteiger partial charge in [-0.25, -0.2) is 9.78 Å². The highest BCUT2D eigenvalue weighted by atomic mass is 16.6. The summed E-state index contributed by atoms with van der Waals surface area (Å²) in [6, 6.07) is 3.98. The summed E-state index contributed by atoms with van der Waals surface area (Å²) in [5.74, 6) is 2.61. The van der Waals surface area contributed by atoms with Gasteiger partial charge in [-0.15, -0.1) is 0 Å². The van der Waals surface area contributed by atoms with Gasteiger partial charge in [0.15, 0.2) is 11.5 Å². The lowest BCUT2D eigenvalue weighted by Gasteiger charge is -2.34. The molecule has 1 saturated heterocycles. The first kappa shape index (κ1) is 26.6. The Morgan fingerprint density at radius 2 is 1.74 bits per heavy atom. The highest BCUT2D eigenvalue weighted by Crippen LogP contribution is 2.35. The Kier molecular flexibility index (Phi) is 9.23. The molecule has 1 aromatic heterocycles. The number of likely N-dealkylation sites (tertiary alicyclic amines) is 1. The average Bonchev–Trinajstić information content (AvgIpc) is 2.82. The Labute approximate surface area is 208 Å². The lowest BCUT2D eigenvalue weighted by Crippen LogP contribution is -2.44. The monoisotopic (exact) mass is 487 g/mol. The van der Waals surface area contributed by atoms with E-state index in [2.05, 4.69) is 17.6 Å². The maximum Gasteiger partial charge on any atom is 0.410 e. The molecule has 2 N–H and O–H groups in total. The van der Waals surface area contributed by atoms with Gasteiger partial charge >= 0.3 is 6.09 Å². The number of anilines is 2. The van der Waals surface area contributed by atoms with E-state index < -0.39 is 5.60 Å². The molecule has 2 heterocycles. The van der Waals surface area contributed by atoms with Crippen LogP contribution in [-0.4, -0.2) is 66.5 Å². The molecule has 9 nitrogen and oxygen atoms in total. The Morgan fingerprint density at radius 1 is 1.06 bits per heavy atom. The van der Waals surface area contributed by atoms with E-state index in [9.17, 15) is 4.79 Å². The zero-order chi connectivity index (χ0) is 25.4. The lowest BCUT2D eigenvalue weighted by atomic mass is 10.0. The molecular weight excluding hydrogens is 446 g/mol. The van der Waals surface area contributed by atoms with Gasteiger partial charge in [0.25, 0.3) is 0 Å². The van der Waals surface area contributed by atoms with Crippen LogP contribution in [0.1, 0.15) is 66.2 Å². The van der Waals surface area contributed by atoms with Crippen molar-refractivity contribution in [3.8, 4) is 11.5 Å². The van der Waals surface area contributed by atoms with Crippen LogP contribution >= 0.6 is 0 Å². The summed E-state index contributed by atoms with van der Waals surface area (Å²) in [5, 5.41) is 7.85. The van der Waals surface area contributed by atoms with Crippen molar-refractivity contribution >= 4 is 28.8 Å². The molecule has 0 aliphatic carbocycles. The Hall–Kier alpha value is -2.97. The topological polar surface area (TPSA) is 97.8 Å². The van der Waals surface area contributed by atoms with Crippen molar-refractivity contribution in [2.75, 3.05) is 44.5 Å². The van der Waals surface area contributed by atoms with Gasteiger partial charge < -0.3 is 29.7 Å². The lowest BCUT2D eigenvalue weighted by molar-refractivity contribution is 0.0210. The standard InChI is InChI=1S/C26H41N5O4/c1-7-8-9-10-13-27-24-29-20-17-22(34-6)21(33-5)16-19(20)23(30-24)28-18-11-14-31(15-12-18)25(32)35-26(2,3)4/h16-18H,7-15H2,1-6H3,(H2,27,28,29,30). The summed E-state index contributed by atoms with van der Waals surface area (Å²) in [6.45, 7) is 9.96. The van der Waals surface area contributed by atoms with E-state index in [-0.39, 0.29) is 12.1 Å². The molecule has 9 heteroatoms. The van der Waals surface area contributed by atoms with Crippen LogP contribution in [0.15, 0.2) is 12.1 Å². The largest absolute Gasteiger partial charge is 0.493 e. The molecule has 0 saturated carbocycles. The summed E-state index contributed by atoms with van der Waals surface area (Å²) in [5.41, 5.74) is 0.286. The van der Waals surface area contributed by atoms with Crippen LogP contribution in [0.2, 0.25) is 0 Å². The van der Waals surface area contributed by atoms with Gasteiger partial charge in [0, 0.05) is 37.1 Å². The number of aromatic nitrogens is 2. The van der Waals surface area contributed by atoms with Gasteiger partial charge in [0.1, 0.15) is 11.4 Å². The Bertz CT molecular complexity index is 984. The number of nitrogens with one attached hydrogen (secondary N) is 2. The summed E-state index contributed by atoms with van der Waals surface area (Å²) < 4.78 is 16.5. The second kappa shape index (κ2) is 12.1. The zero-order valence-corrected chi connectivity index (χ0v) is 22.1. The minimum atomic E-state index is -0.494. The quantitative estimate of drug-likeness (QED) is 0.427. The van der Waals surface area contributed by atoms with Crippen molar-refractivity contribution in [2.24, 2.45) is 0 Å². The summed E-state index contributed by atoms with van der Waals surface area (Å²) in [7, 11) is 3.24. The second-order valence-electron chi connectivity index (χ2n) is 9.99. The van der Waals surface area contributed by atoms with Crippen LogP contribution in [0.25, 0.3) is 10.9 Å². The van der Waals surface area contributed by atoms with Crippen molar-refractivity contribution in [2.45, 2.75) is 77.9 Å². The van der Waals surface area contributed by atoms with E-state index in [0.717, 1.165) is 42.5 Å². The van der Waals surface area contributed by atoms with Crippen molar-refractivity contribution in [3.63, 3.8) is 0 Å². The van der Waals surface area contributed by atoms with E-state index in [1.165, 1.54) is 19.3 Å². The third kappa shape index (κ3) is 7.50. The van der Waals surface area contributed by atoms with Gasteiger partial charge in [0.05, 0.1) is 19.7 Å². The normalized spacial score (nSPS) is 14.6. The molecule has 0 radical (unpaired) electrons. The van der Waals surface area contributed by atoms with Crippen LogP contribution in [-0.2, 0) is 4.74 Å². The zero-order valence-electron chi connectivity index (χ0n) is 22.1. The number of rotatable bonds is 10. The maximum absolute atomic E-state index is 12.4. The predicted molar refractivity (Wildman–Crippen MR) is 140 cm³/mol. The molecule has 1 fully saturated rings. The number of unbranched alkanes of at least 4 members (excludes halogenated alkanes) is 3. The van der Waals surface area contributed by atoms with E-state index >= 15 is 0 Å². The van der Waals surface area contributed by atoms with Crippen LogP contribution in [0, 0.1) is 0 Å². The first-order valence-electron chi connectivity index (χ1n) is 12.7. The number of methoxy groups -OCH3 is 2. The molecular formula is C26H41N5O4. The van der Waals surface area contributed by atoms with Crippen molar-refractivity contribution < 1.29 is 19.0 Å². The predicted octanol–water partition coefficient (Wildman–Crippen LogP) is 5.45. The van der Waals surface area contributed by atoms with E-state index in [1.807, 2.05) is 32.9 Å². The van der Waals surface area contributed by atoms with Crippen molar-refractivity contribution in [3.05, 3.63) is 12.1 Å². The molecule has 35 heavy (non-hydrogen) atoms. The van der Waals surface area contributed by atoms with E-state index in [1.54, 1.807) is 19.1 Å². The van der Waals surface area contributed by atoms with Crippen LogP contribution in [0.5, 0.6) is 11.5 Å². The van der Waals surface area contributed by atoms with Crippen LogP contribution in [0.4, 0.5) is 16.6 Å². The molecule has 3 rings (SSSR count). The van der Waals surface area contributed by atoms with Gasteiger partial charge in [-0.3, -0.25) is 0 Å². The first-order valence-corrected chi connectivity index (χ1v) is 12.7. The summed E-state index contributed by atoms with van der Waals surface area (Å²) >= 11 is 0. The molecule has 0 spiro atoms. The number of hydrogen-bond donors (Lipinski definition) is 2. The SMILES string of the molecule is CCCCCCNc1nc(NC2CCN(C(=O)OC(C)(C)C)CC2)c2cc(OC)c(OC)cc2n1. The average molecular weight is 488 g/mol. The van der Waals surface area contributed by atoms with E-state index in [0.29, 0.717) is 30.5 Å². The third-order valence-corrected chi connectivity index (χ3v) is 6.00. The number of hydrogen-bond acceptors (Lipinski definition) is 8. The highest BCUT2D eigenvalue weighted by Gasteiger charge is 2.27. The number of nitrogens with zero attached hydrogens (tertiary/aromatic N) is 3. The maximum atomic E-state index is 12.4. The minimum absolute atomic E-state index is 0.178. The van der Waals surface area contributed by atoms with Gasteiger partial charge in [-0.1, -0.05) is 26.2 Å². The second-order valence-corrected chi connectivity index (χ2v) is 9.99. The van der Waals surface area contributed by atoms with Crippen molar-refractivity contribution in [1.29, 1.82) is 0 Å². The van der Waals surface area contributed by atoms with E-state index in [4.69, 9.17) is 24.2 Å². The number of piperidine rings is 1. The fraction of sp³-hybridized carbons (Fsp3) is 0.654. The number of ether oxygens (including phenoxy) is 3. The molecule has 1 amide bonds. The van der Waals surface area contributed by atoms with Crippen molar-refractivity contribution in [1.82, 2.24) is 14.9 Å². The smallest absolute Gasteiger partial charge is 0.410 e. The fourth-order valence-electron chi connectivity index (χ4n) is 4.12. The molecule has 1 aromatic carbocycles. The molecule has 1 aliphatic heterocycles. The third-order valence-electron chi connectivity index (χ3n) is 6.00. The van der Waals surface area contributed by atoms with Gasteiger partial charge in [-0.2, -0.15) is 4.98 Å². The molecule has 0 atom stereocenters. The summed E-state index contributed by atoms with van der Waals surface area (Å²) in [6.07, 6.45) is 6.04. The highest BCUT2D eigenvalue weighted by molar-refractivity contribution is 5.92. The van der Waals surface area contributed by atoms with Crippen LogP contribution < -0.4 is 20.1 Å². The molecule has 0 bridgehead atoms. The molecule has 194 valence electrons. The van der Waals surface area contributed by atoms with Gasteiger partial charge in [-0.05, 0) is 46.1 Å². The number of benzene rings is 1. The molecule has 2 aromatic rings. The molecule has 1 aliphatic rings. The number of fused-ring (bicyclic) bond motifs is 1. The number of carbonyl (C=O) groups excluding carboxylic acids is 1. The minimum Gasteiger partial charge on any atom is -0.493 e. The van der Waals surface area contributed by atoms with Crippen LogP contribution in [0.3, 0.4) is 0 Å². The van der Waals surface area contributed by atoms with Gasteiger partial charge in [0.2, 0.25) is 5.95 Å². The Morgan fingerprint density at radius 3 is 2.37 bits per heavy atom. The first-order chi connectivity index (χ1) is 16.7. The summed E-state index contributed by atoms with van der Waals surface area (Å²) in [4.78, 5) is 23.7. The number of carbonyl (C=O) groups is 1. The Balaban J connectivity index is 1.77. The fourth-order valence-corrected chi connectivity index (χ4v) is 4.12.